The van der Waals surface area contributed by atoms with E-state index in [1.54, 1.807) is 11.8 Å². The number of hydrogen-bond acceptors (Lipinski definition) is 2. The summed E-state index contributed by atoms with van der Waals surface area (Å²) in [5.74, 6) is 0.421. The molecule has 0 bridgehead atoms. The molecule has 3 heteroatoms. The second-order valence-electron chi connectivity index (χ2n) is 4.22. The first-order chi connectivity index (χ1) is 7.27. The largest absolute Gasteiger partial charge is 0.369 e. The third-order valence-corrected chi connectivity index (χ3v) is 4.52. The number of primary amides is 1. The molecule has 0 aromatic rings. The van der Waals surface area contributed by atoms with Crippen molar-refractivity contribution in [2.75, 3.05) is 0 Å². The highest BCUT2D eigenvalue weighted by atomic mass is 32.2. The summed E-state index contributed by atoms with van der Waals surface area (Å²) in [4.78, 5) is 12.5. The standard InChI is InChI=1S/C12H17NOS/c13-12(14)11-8-9-6-4-2-1-3-5-7-10(9)15-11/h3,5,7,9,11H,1-2,4,6,8H2,(H2,13,14). The average molecular weight is 223 g/mol. The molecular formula is C12H17NOS. The molecule has 0 saturated carbocycles. The van der Waals surface area contributed by atoms with Crippen LogP contribution in [-0.2, 0) is 4.79 Å². The summed E-state index contributed by atoms with van der Waals surface area (Å²) < 4.78 is 0. The highest BCUT2D eigenvalue weighted by molar-refractivity contribution is 8.04. The molecule has 2 unspecified atom stereocenters. The zero-order chi connectivity index (χ0) is 10.7. The average Bonchev–Trinajstić information content (AvgIpc) is 2.61. The maximum absolute atomic E-state index is 11.1. The van der Waals surface area contributed by atoms with Crippen LogP contribution in [0, 0.1) is 5.92 Å². The highest BCUT2D eigenvalue weighted by Gasteiger charge is 2.32. The van der Waals surface area contributed by atoms with Gasteiger partial charge in [0.25, 0.3) is 0 Å². The SMILES string of the molecule is NC(=O)C1CC2CCCCC=CC=C2S1. The minimum Gasteiger partial charge on any atom is -0.369 e. The van der Waals surface area contributed by atoms with E-state index >= 15 is 0 Å². The van der Waals surface area contributed by atoms with Gasteiger partial charge in [-0.15, -0.1) is 11.8 Å². The molecule has 1 saturated heterocycles. The van der Waals surface area contributed by atoms with Crippen LogP contribution in [0.5, 0.6) is 0 Å². The summed E-state index contributed by atoms with van der Waals surface area (Å²) in [6.07, 6.45) is 12.4. The number of carbonyl (C=O) groups excluding carboxylic acids is 1. The van der Waals surface area contributed by atoms with Gasteiger partial charge in [-0.25, -0.2) is 0 Å². The lowest BCUT2D eigenvalue weighted by Crippen LogP contribution is -2.23. The Morgan fingerprint density at radius 3 is 3.13 bits per heavy atom. The Bertz CT molecular complexity index is 309. The number of carbonyl (C=O) groups is 1. The van der Waals surface area contributed by atoms with E-state index in [2.05, 4.69) is 18.2 Å². The molecule has 0 aromatic heterocycles. The van der Waals surface area contributed by atoms with Gasteiger partial charge < -0.3 is 5.73 Å². The van der Waals surface area contributed by atoms with Crippen molar-refractivity contribution in [2.45, 2.75) is 37.4 Å². The molecule has 1 heterocycles. The molecule has 0 radical (unpaired) electrons. The van der Waals surface area contributed by atoms with Crippen molar-refractivity contribution in [3.05, 3.63) is 23.1 Å². The van der Waals surface area contributed by atoms with Crippen molar-refractivity contribution < 1.29 is 4.79 Å². The fourth-order valence-corrected chi connectivity index (χ4v) is 3.54. The lowest BCUT2D eigenvalue weighted by molar-refractivity contribution is -0.117. The molecule has 2 atom stereocenters. The molecule has 0 spiro atoms. The van der Waals surface area contributed by atoms with E-state index in [1.807, 2.05) is 0 Å². The van der Waals surface area contributed by atoms with Crippen molar-refractivity contribution in [3.63, 3.8) is 0 Å². The van der Waals surface area contributed by atoms with Gasteiger partial charge in [0.1, 0.15) is 0 Å². The fraction of sp³-hybridized carbons (Fsp3) is 0.583. The summed E-state index contributed by atoms with van der Waals surface area (Å²) in [6, 6.07) is 0. The number of rotatable bonds is 1. The van der Waals surface area contributed by atoms with Crippen molar-refractivity contribution in [1.29, 1.82) is 0 Å². The second kappa shape index (κ2) is 4.88. The van der Waals surface area contributed by atoms with E-state index < -0.39 is 0 Å². The zero-order valence-electron chi connectivity index (χ0n) is 8.82. The Labute approximate surface area is 95.0 Å². The molecule has 1 amide bonds. The number of nitrogens with two attached hydrogens (primary N) is 1. The van der Waals surface area contributed by atoms with Crippen LogP contribution in [0.1, 0.15) is 32.1 Å². The number of amides is 1. The highest BCUT2D eigenvalue weighted by Crippen LogP contribution is 2.44. The van der Waals surface area contributed by atoms with E-state index in [-0.39, 0.29) is 11.2 Å². The minimum atomic E-state index is -0.158. The number of fused-ring (bicyclic) bond motifs is 1. The summed E-state index contributed by atoms with van der Waals surface area (Å²) in [7, 11) is 0. The van der Waals surface area contributed by atoms with Crippen LogP contribution in [0.25, 0.3) is 0 Å². The first-order valence-corrected chi connectivity index (χ1v) is 6.48. The fourth-order valence-electron chi connectivity index (χ4n) is 2.20. The van der Waals surface area contributed by atoms with Crippen molar-refractivity contribution in [3.8, 4) is 0 Å². The van der Waals surface area contributed by atoms with Gasteiger partial charge in [-0.2, -0.15) is 0 Å². The van der Waals surface area contributed by atoms with E-state index in [9.17, 15) is 4.79 Å². The van der Waals surface area contributed by atoms with Gasteiger partial charge >= 0.3 is 0 Å². The van der Waals surface area contributed by atoms with Gasteiger partial charge in [-0.1, -0.05) is 24.6 Å². The van der Waals surface area contributed by atoms with Crippen LogP contribution >= 0.6 is 11.8 Å². The summed E-state index contributed by atoms with van der Waals surface area (Å²) >= 11 is 1.67. The molecule has 2 N–H and O–H groups in total. The van der Waals surface area contributed by atoms with Gasteiger partial charge in [0.15, 0.2) is 0 Å². The van der Waals surface area contributed by atoms with Gasteiger partial charge in [0.2, 0.25) is 5.91 Å². The Morgan fingerprint density at radius 1 is 1.47 bits per heavy atom. The molecule has 15 heavy (non-hydrogen) atoms. The van der Waals surface area contributed by atoms with Crippen LogP contribution in [-0.4, -0.2) is 11.2 Å². The Balaban J connectivity index is 2.10. The van der Waals surface area contributed by atoms with Crippen LogP contribution in [0.2, 0.25) is 0 Å². The Morgan fingerprint density at radius 2 is 2.33 bits per heavy atom. The van der Waals surface area contributed by atoms with E-state index in [1.165, 1.54) is 30.6 Å². The second-order valence-corrected chi connectivity index (χ2v) is 5.50. The predicted molar refractivity (Wildman–Crippen MR) is 64.4 cm³/mol. The van der Waals surface area contributed by atoms with E-state index in [0.29, 0.717) is 5.92 Å². The molecule has 1 fully saturated rings. The van der Waals surface area contributed by atoms with Gasteiger partial charge in [0, 0.05) is 0 Å². The van der Waals surface area contributed by atoms with Crippen LogP contribution < -0.4 is 5.73 Å². The summed E-state index contributed by atoms with van der Waals surface area (Å²) in [6.45, 7) is 0. The molecule has 2 aliphatic rings. The summed E-state index contributed by atoms with van der Waals surface area (Å²) in [5, 5.41) is 0.00840. The number of hydrogen-bond donors (Lipinski definition) is 1. The van der Waals surface area contributed by atoms with Gasteiger partial charge in [-0.3, -0.25) is 4.79 Å². The summed E-state index contributed by atoms with van der Waals surface area (Å²) in [5.41, 5.74) is 5.36. The van der Waals surface area contributed by atoms with Crippen molar-refractivity contribution >= 4 is 17.7 Å². The third kappa shape index (κ3) is 2.65. The van der Waals surface area contributed by atoms with Crippen molar-refractivity contribution in [2.24, 2.45) is 11.7 Å². The van der Waals surface area contributed by atoms with Gasteiger partial charge in [-0.05, 0) is 36.5 Å². The quantitative estimate of drug-likeness (QED) is 0.742. The molecular weight excluding hydrogens is 206 g/mol. The molecule has 2 nitrogen and oxygen atoms in total. The molecule has 1 aliphatic heterocycles. The van der Waals surface area contributed by atoms with E-state index in [4.69, 9.17) is 5.73 Å². The predicted octanol–water partition coefficient (Wildman–Crippen LogP) is 2.61. The molecule has 2 rings (SSSR count). The number of allylic oxidation sites excluding steroid dienone is 4. The lowest BCUT2D eigenvalue weighted by Gasteiger charge is -2.08. The first kappa shape index (κ1) is 10.8. The normalized spacial score (nSPS) is 31.1. The molecule has 82 valence electrons. The number of thioether (sulfide) groups is 1. The maximum atomic E-state index is 11.1. The molecule has 0 aromatic carbocycles. The van der Waals surface area contributed by atoms with Gasteiger partial charge in [0.05, 0.1) is 5.25 Å². The van der Waals surface area contributed by atoms with Crippen LogP contribution in [0.15, 0.2) is 23.1 Å². The Kier molecular flexibility index (Phi) is 3.52. The first-order valence-electron chi connectivity index (χ1n) is 5.60. The zero-order valence-corrected chi connectivity index (χ0v) is 9.63. The van der Waals surface area contributed by atoms with Crippen LogP contribution in [0.3, 0.4) is 0 Å². The lowest BCUT2D eigenvalue weighted by atomic mass is 9.96. The minimum absolute atomic E-state index is 0.00840. The molecule has 1 aliphatic carbocycles. The third-order valence-electron chi connectivity index (χ3n) is 3.07. The van der Waals surface area contributed by atoms with Crippen LogP contribution in [0.4, 0.5) is 0 Å². The topological polar surface area (TPSA) is 43.1 Å². The monoisotopic (exact) mass is 223 g/mol. The van der Waals surface area contributed by atoms with Crippen molar-refractivity contribution in [1.82, 2.24) is 0 Å². The Hall–Kier alpha value is -0.700. The maximum Gasteiger partial charge on any atom is 0.230 e. The smallest absolute Gasteiger partial charge is 0.230 e. The van der Waals surface area contributed by atoms with E-state index in [0.717, 1.165) is 6.42 Å².